The van der Waals surface area contributed by atoms with Gasteiger partial charge in [0.25, 0.3) is 0 Å². The SMILES string of the molecule is C=C/C=C(\C=C)C(O)C(C)NC(=O)C(C)C(OC)C1CCCN1C(=O)CC(OC)C(C(C)CC)N(C)C(=O)C(NC(=O)C(C(C)C)N(C)C(C)C)C(C)C. The van der Waals surface area contributed by atoms with Crippen LogP contribution >= 0.6 is 0 Å². The molecule has 12 heteroatoms. The molecule has 310 valence electrons. The van der Waals surface area contributed by atoms with E-state index in [1.807, 2.05) is 67.3 Å². The second-order valence-corrected chi connectivity index (χ2v) is 16.1. The Hall–Kier alpha value is -3.06. The van der Waals surface area contributed by atoms with E-state index in [1.165, 1.54) is 6.08 Å². The Labute approximate surface area is 327 Å². The van der Waals surface area contributed by atoms with Gasteiger partial charge in [-0.2, -0.15) is 0 Å². The van der Waals surface area contributed by atoms with Gasteiger partial charge in [0, 0.05) is 33.9 Å². The van der Waals surface area contributed by atoms with Gasteiger partial charge in [-0.15, -0.1) is 0 Å². The summed E-state index contributed by atoms with van der Waals surface area (Å²) in [6.45, 7) is 27.4. The van der Waals surface area contributed by atoms with Crippen molar-refractivity contribution in [3.8, 4) is 0 Å². The second-order valence-electron chi connectivity index (χ2n) is 16.1. The van der Waals surface area contributed by atoms with Gasteiger partial charge < -0.3 is 35.0 Å². The molecule has 1 fully saturated rings. The number of ether oxygens (including phenoxy) is 2. The molecule has 0 aliphatic carbocycles. The highest BCUT2D eigenvalue weighted by atomic mass is 16.5. The van der Waals surface area contributed by atoms with Gasteiger partial charge in [0.2, 0.25) is 23.6 Å². The van der Waals surface area contributed by atoms with Gasteiger partial charge >= 0.3 is 0 Å². The summed E-state index contributed by atoms with van der Waals surface area (Å²) in [6.07, 6.45) is 4.68. The number of aliphatic hydroxyl groups excluding tert-OH is 1. The lowest BCUT2D eigenvalue weighted by atomic mass is 9.89. The standard InChI is InChI=1S/C42H75N5O7/c1-17-21-31(19-3)38(49)30(12)43-40(50)29(11)39(54-16)32-22-20-23-47(32)34(48)24-33(53-15)37(28(10)18-2)46(14)42(52)35(25(4)5)44-41(51)36(26(6)7)45(13)27(8)9/h17,19,21,25-30,32-33,35-39,49H,1,3,18,20,22-24H2,2,4-16H3,(H,43,50)(H,44,51)/b31-21+. The van der Waals surface area contributed by atoms with Gasteiger partial charge in [0.15, 0.2) is 0 Å². The van der Waals surface area contributed by atoms with Crippen LogP contribution in [0.25, 0.3) is 0 Å². The van der Waals surface area contributed by atoms with Gasteiger partial charge in [0.05, 0.1) is 54.8 Å². The van der Waals surface area contributed by atoms with Crippen molar-refractivity contribution in [2.75, 3.05) is 34.9 Å². The lowest BCUT2D eigenvalue weighted by Crippen LogP contribution is -2.60. The molecule has 1 saturated heterocycles. The van der Waals surface area contributed by atoms with Crippen LogP contribution in [0, 0.1) is 23.7 Å². The molecule has 10 unspecified atom stereocenters. The van der Waals surface area contributed by atoms with Crippen LogP contribution in [-0.4, -0.2) is 133 Å². The van der Waals surface area contributed by atoms with Crippen LogP contribution in [0.5, 0.6) is 0 Å². The van der Waals surface area contributed by atoms with Gasteiger partial charge in [0.1, 0.15) is 6.04 Å². The maximum Gasteiger partial charge on any atom is 0.245 e. The zero-order valence-corrected chi connectivity index (χ0v) is 35.9. The smallest absolute Gasteiger partial charge is 0.245 e. The molecule has 12 nitrogen and oxygen atoms in total. The highest BCUT2D eigenvalue weighted by molar-refractivity contribution is 5.90. The Balaban J connectivity index is 3.29. The molecule has 0 saturated carbocycles. The van der Waals surface area contributed by atoms with Crippen LogP contribution < -0.4 is 10.6 Å². The number of hydrogen-bond acceptors (Lipinski definition) is 8. The topological polar surface area (TPSA) is 141 Å². The monoisotopic (exact) mass is 762 g/mol. The minimum absolute atomic E-state index is 0.0210. The summed E-state index contributed by atoms with van der Waals surface area (Å²) in [5.74, 6) is -1.68. The van der Waals surface area contributed by atoms with Crippen molar-refractivity contribution in [1.29, 1.82) is 0 Å². The summed E-state index contributed by atoms with van der Waals surface area (Å²) < 4.78 is 11.9. The van der Waals surface area contributed by atoms with E-state index >= 15 is 0 Å². The Bertz CT molecular complexity index is 1270. The first-order valence-corrected chi connectivity index (χ1v) is 19.8. The molecule has 1 rings (SSSR count). The highest BCUT2D eigenvalue weighted by Gasteiger charge is 2.43. The number of methoxy groups -OCH3 is 2. The average Bonchev–Trinajstić information content (AvgIpc) is 3.61. The number of likely N-dealkylation sites (tertiary alicyclic amines) is 1. The fourth-order valence-electron chi connectivity index (χ4n) is 7.70. The van der Waals surface area contributed by atoms with Crippen molar-refractivity contribution < 1.29 is 33.8 Å². The van der Waals surface area contributed by atoms with Crippen molar-refractivity contribution in [1.82, 2.24) is 25.3 Å². The first-order chi connectivity index (χ1) is 25.2. The van der Waals surface area contributed by atoms with E-state index in [4.69, 9.17) is 9.47 Å². The predicted octanol–water partition coefficient (Wildman–Crippen LogP) is 4.58. The number of amides is 4. The molecule has 0 aromatic carbocycles. The third-order valence-corrected chi connectivity index (χ3v) is 11.4. The molecule has 3 N–H and O–H groups in total. The molecule has 0 aromatic heterocycles. The molecule has 1 heterocycles. The fourth-order valence-corrected chi connectivity index (χ4v) is 7.70. The van der Waals surface area contributed by atoms with Crippen molar-refractivity contribution in [3.05, 3.63) is 37.0 Å². The molecule has 0 aromatic rings. The number of rotatable bonds is 23. The predicted molar refractivity (Wildman–Crippen MR) is 217 cm³/mol. The Morgan fingerprint density at radius 3 is 2.00 bits per heavy atom. The summed E-state index contributed by atoms with van der Waals surface area (Å²) >= 11 is 0. The van der Waals surface area contributed by atoms with E-state index in [1.54, 1.807) is 57.1 Å². The summed E-state index contributed by atoms with van der Waals surface area (Å²) in [5, 5.41) is 16.8. The number of nitrogens with zero attached hydrogens (tertiary/aromatic N) is 3. The third kappa shape index (κ3) is 12.7. The zero-order chi connectivity index (χ0) is 41.6. The molecule has 4 amide bonds. The first-order valence-electron chi connectivity index (χ1n) is 19.8. The number of hydrogen-bond donors (Lipinski definition) is 3. The molecule has 0 spiro atoms. The van der Waals surface area contributed by atoms with Crippen LogP contribution in [0.4, 0.5) is 0 Å². The molecule has 1 aliphatic heterocycles. The minimum Gasteiger partial charge on any atom is -0.386 e. The van der Waals surface area contributed by atoms with Crippen LogP contribution in [-0.2, 0) is 28.7 Å². The number of aliphatic hydroxyl groups is 1. The number of carbonyl (C=O) groups excluding carboxylic acids is 4. The van der Waals surface area contributed by atoms with E-state index in [-0.39, 0.29) is 59.9 Å². The van der Waals surface area contributed by atoms with Crippen molar-refractivity contribution >= 4 is 23.6 Å². The molecular weight excluding hydrogens is 686 g/mol. The van der Waals surface area contributed by atoms with Crippen LogP contribution in [0.15, 0.2) is 37.0 Å². The highest BCUT2D eigenvalue weighted by Crippen LogP contribution is 2.30. The fraction of sp³-hybridized carbons (Fsp3) is 0.762. The van der Waals surface area contributed by atoms with E-state index in [2.05, 4.69) is 23.8 Å². The zero-order valence-electron chi connectivity index (χ0n) is 35.9. The van der Waals surface area contributed by atoms with Crippen molar-refractivity contribution in [2.45, 2.75) is 149 Å². The first kappa shape index (κ1) is 49.0. The molecule has 1 aliphatic rings. The van der Waals surface area contributed by atoms with Crippen LogP contribution in [0.2, 0.25) is 0 Å². The molecule has 0 bridgehead atoms. The van der Waals surface area contributed by atoms with E-state index < -0.39 is 48.4 Å². The molecular formula is C42H75N5O7. The summed E-state index contributed by atoms with van der Waals surface area (Å²) in [4.78, 5) is 61.2. The number of allylic oxidation sites excluding steroid dienone is 2. The molecule has 0 radical (unpaired) electrons. The number of carbonyl (C=O) groups is 4. The average molecular weight is 762 g/mol. The lowest BCUT2D eigenvalue weighted by molar-refractivity contribution is -0.148. The molecule has 54 heavy (non-hydrogen) atoms. The second kappa shape index (κ2) is 23.1. The van der Waals surface area contributed by atoms with Gasteiger partial charge in [-0.1, -0.05) is 86.3 Å². The van der Waals surface area contributed by atoms with Gasteiger partial charge in [-0.25, -0.2) is 0 Å². The van der Waals surface area contributed by atoms with Gasteiger partial charge in [-0.3, -0.25) is 24.1 Å². The van der Waals surface area contributed by atoms with E-state index in [9.17, 15) is 24.3 Å². The Morgan fingerprint density at radius 1 is 0.926 bits per heavy atom. The third-order valence-electron chi connectivity index (χ3n) is 11.4. The van der Waals surface area contributed by atoms with Crippen molar-refractivity contribution in [2.24, 2.45) is 23.7 Å². The Morgan fingerprint density at radius 2 is 1.54 bits per heavy atom. The quantitative estimate of drug-likeness (QED) is 0.129. The summed E-state index contributed by atoms with van der Waals surface area (Å²) in [7, 11) is 6.77. The summed E-state index contributed by atoms with van der Waals surface area (Å²) in [6, 6.07) is -2.46. The maximum atomic E-state index is 14.3. The number of nitrogens with one attached hydrogen (secondary N) is 2. The largest absolute Gasteiger partial charge is 0.386 e. The summed E-state index contributed by atoms with van der Waals surface area (Å²) in [5.41, 5.74) is 0.538. The van der Waals surface area contributed by atoms with Gasteiger partial charge in [-0.05, 0) is 64.0 Å². The van der Waals surface area contributed by atoms with E-state index in [0.29, 0.717) is 18.5 Å². The number of likely N-dealkylation sites (N-methyl/N-ethyl adjacent to an activating group) is 2. The van der Waals surface area contributed by atoms with Crippen LogP contribution in [0.1, 0.15) is 94.9 Å². The van der Waals surface area contributed by atoms with E-state index in [0.717, 1.165) is 12.8 Å². The van der Waals surface area contributed by atoms with Crippen molar-refractivity contribution in [3.63, 3.8) is 0 Å². The van der Waals surface area contributed by atoms with Crippen LogP contribution in [0.3, 0.4) is 0 Å². The normalized spacial score (nSPS) is 20.2. The minimum atomic E-state index is -0.979. The molecule has 10 atom stereocenters. The Kier molecular flexibility index (Phi) is 21.0. The maximum absolute atomic E-state index is 14.3. The lowest BCUT2D eigenvalue weighted by Gasteiger charge is -2.41.